The maximum absolute atomic E-state index is 9.90. The summed E-state index contributed by atoms with van der Waals surface area (Å²) < 4.78 is 75.2. The molecule has 0 aromatic heterocycles. The molecule has 0 atom stereocenters. The topological polar surface area (TPSA) is 78.7 Å². The van der Waals surface area contributed by atoms with E-state index in [1.165, 1.54) is 25.0 Å². The van der Waals surface area contributed by atoms with Crippen molar-refractivity contribution in [3.05, 3.63) is 9.56 Å². The molecule has 0 bridgehead atoms. The quantitative estimate of drug-likeness (QED) is 0.538. The number of nitrogens with zero attached hydrogens (tertiary/aromatic N) is 2. The first-order valence-electron chi connectivity index (χ1n) is 2.95. The van der Waals surface area contributed by atoms with Crippen molar-refractivity contribution in [1.82, 2.24) is 0 Å². The predicted octanol–water partition coefficient (Wildman–Crippen LogP) is 2.25. The van der Waals surface area contributed by atoms with Crippen LogP contribution in [-0.4, -0.2) is 33.4 Å². The molecule has 11 heteroatoms. The van der Waals surface area contributed by atoms with Gasteiger partial charge in [-0.2, -0.15) is 0 Å². The van der Waals surface area contributed by atoms with E-state index in [4.69, 9.17) is 9.56 Å². The predicted molar refractivity (Wildman–Crippen MR) is 51.1 cm³/mol. The second-order valence-electron chi connectivity index (χ2n) is 2.71. The van der Waals surface area contributed by atoms with Crippen molar-refractivity contribution in [2.75, 3.05) is 25.0 Å². The molecule has 0 radical (unpaired) electrons. The number of halogens is 4. The van der Waals surface area contributed by atoms with E-state index in [-0.39, 0.29) is 0 Å². The average Bonchev–Trinajstić information content (AvgIpc) is 1.41. The van der Waals surface area contributed by atoms with Gasteiger partial charge in [0.2, 0.25) is 0 Å². The molecule has 0 unspecified atom stereocenters. The van der Waals surface area contributed by atoms with E-state index in [1.807, 2.05) is 0 Å². The Hall–Kier alpha value is 0.308. The molecule has 0 N–H and O–H groups in total. The molecule has 0 aromatic rings. The summed E-state index contributed by atoms with van der Waals surface area (Å²) in [5, 5.41) is 0. The van der Waals surface area contributed by atoms with E-state index in [0.717, 1.165) is 0 Å². The van der Waals surface area contributed by atoms with Crippen molar-refractivity contribution < 1.29 is 39.2 Å². The Morgan fingerprint density at radius 3 is 0.800 bits per heavy atom. The summed E-state index contributed by atoms with van der Waals surface area (Å²) in [6.07, 6.45) is 5.08. The van der Waals surface area contributed by atoms with Gasteiger partial charge in [-0.05, 0) is 25.0 Å². The second kappa shape index (κ2) is 7.56. The molecule has 0 amide bonds. The van der Waals surface area contributed by atoms with Crippen molar-refractivity contribution in [3.8, 4) is 0 Å². The molecule has 0 heterocycles. The number of hydrogen-bond acceptors (Lipinski definition) is 2. The van der Waals surface area contributed by atoms with Crippen LogP contribution in [0, 0.1) is 0 Å². The number of hydrogen-bond donors (Lipinski definition) is 0. The molecule has 0 fully saturated rings. The summed E-state index contributed by atoms with van der Waals surface area (Å²) in [6.45, 7) is 0. The summed E-state index contributed by atoms with van der Waals surface area (Å²) in [5.41, 5.74) is 0. The molecule has 98 valence electrons. The fraction of sp³-hybridized carbons (Fsp3) is 1.00. The van der Waals surface area contributed by atoms with Crippen LogP contribution in [0.5, 0.6) is 0 Å². The molecular formula is C4H12F4N2O2S2W-2. The minimum atomic E-state index is -7.17. The fourth-order valence-electron chi connectivity index (χ4n) is 0. The molecule has 0 aliphatic carbocycles. The maximum atomic E-state index is 9.90. The van der Waals surface area contributed by atoms with Crippen molar-refractivity contribution in [2.24, 2.45) is 0 Å². The van der Waals surface area contributed by atoms with Crippen LogP contribution < -0.4 is 0 Å². The van der Waals surface area contributed by atoms with Crippen LogP contribution in [0.2, 0.25) is 0 Å². The van der Waals surface area contributed by atoms with Gasteiger partial charge in [0, 0.05) is 0 Å². The Bertz CT molecular complexity index is 295. The van der Waals surface area contributed by atoms with E-state index in [0.29, 0.717) is 0 Å². The van der Waals surface area contributed by atoms with Gasteiger partial charge in [-0.15, -0.1) is 19.5 Å². The zero-order chi connectivity index (χ0) is 13.5. The summed E-state index contributed by atoms with van der Waals surface area (Å²) in [5.74, 6) is 0. The normalized spacial score (nSPS) is 12.8. The Kier molecular flexibility index (Phi) is 10.4. The van der Waals surface area contributed by atoms with Crippen LogP contribution >= 0.6 is 0 Å². The van der Waals surface area contributed by atoms with Gasteiger partial charge >= 0.3 is 30.8 Å². The molecule has 0 aliphatic heterocycles. The number of rotatable bonds is 0. The first-order valence-corrected chi connectivity index (χ1v) is 12.0. The molecule has 0 aromatic carbocycles. The summed E-state index contributed by atoms with van der Waals surface area (Å²) >= 11 is -7.17. The van der Waals surface area contributed by atoms with Gasteiger partial charge in [-0.1, -0.05) is 0 Å². The van der Waals surface area contributed by atoms with Crippen LogP contribution in [0.1, 0.15) is 0 Å². The molecule has 4 nitrogen and oxygen atoms in total. The SMILES string of the molecule is CS(C)(=[N-])=O.CS(C)(=[N-])=O.[F][W]([F])([F])[F]. The Labute approximate surface area is 93.2 Å². The van der Waals surface area contributed by atoms with Crippen LogP contribution in [0.25, 0.3) is 9.56 Å². The van der Waals surface area contributed by atoms with Gasteiger partial charge < -0.3 is 9.56 Å². The Balaban J connectivity index is -0.000000144. The average molecular weight is 444 g/mol. The van der Waals surface area contributed by atoms with E-state index < -0.39 is 37.6 Å². The van der Waals surface area contributed by atoms with Crippen molar-refractivity contribution in [1.29, 1.82) is 0 Å². The van der Waals surface area contributed by atoms with Gasteiger partial charge in [0.1, 0.15) is 0 Å². The minimum absolute atomic E-state index is 1.27. The third kappa shape index (κ3) is 22800. The van der Waals surface area contributed by atoms with Gasteiger partial charge in [0.05, 0.1) is 0 Å². The molecule has 0 rings (SSSR count). The second-order valence-corrected chi connectivity index (χ2v) is 9.95. The van der Waals surface area contributed by atoms with Crippen molar-refractivity contribution in [3.63, 3.8) is 0 Å². The first-order chi connectivity index (χ1) is 6.00. The van der Waals surface area contributed by atoms with Crippen molar-refractivity contribution in [2.45, 2.75) is 0 Å². The summed E-state index contributed by atoms with van der Waals surface area (Å²) in [6, 6.07) is 0. The summed E-state index contributed by atoms with van der Waals surface area (Å²) in [4.78, 5) is 0. The molecular weight excluding hydrogens is 432 g/mol. The van der Waals surface area contributed by atoms with E-state index in [2.05, 4.69) is 0 Å². The third-order valence-corrected chi connectivity index (χ3v) is 0. The van der Waals surface area contributed by atoms with Gasteiger partial charge in [-0.3, -0.25) is 8.42 Å². The Morgan fingerprint density at radius 1 is 0.800 bits per heavy atom. The van der Waals surface area contributed by atoms with E-state index >= 15 is 0 Å². The van der Waals surface area contributed by atoms with Crippen molar-refractivity contribution >= 4 is 19.5 Å². The zero-order valence-corrected chi connectivity index (χ0v) is 13.0. The van der Waals surface area contributed by atoms with Crippen LogP contribution in [0.4, 0.5) is 12.6 Å². The molecule has 0 saturated carbocycles. The van der Waals surface area contributed by atoms with Gasteiger partial charge in [0.25, 0.3) is 0 Å². The standard InChI is InChI=1S/2C2H6NOS.4FH.W/c2*1-5(2,3)4;;;;;/h2*1-2H3;4*1H;/q2*-1;;;;;+4/p-4. The van der Waals surface area contributed by atoms with Gasteiger partial charge in [-0.25, -0.2) is 0 Å². The van der Waals surface area contributed by atoms with Crippen LogP contribution in [-0.2, 0) is 37.6 Å². The third-order valence-electron chi connectivity index (χ3n) is 0. The zero-order valence-electron chi connectivity index (χ0n) is 8.45. The van der Waals surface area contributed by atoms with Gasteiger partial charge in [0.15, 0.2) is 0 Å². The fourth-order valence-corrected chi connectivity index (χ4v) is 0. The summed E-state index contributed by atoms with van der Waals surface area (Å²) in [7, 11) is -4.83. The monoisotopic (exact) mass is 444 g/mol. The van der Waals surface area contributed by atoms with Crippen LogP contribution in [0.3, 0.4) is 0 Å². The van der Waals surface area contributed by atoms with Crippen LogP contribution in [0.15, 0.2) is 0 Å². The Morgan fingerprint density at radius 2 is 0.800 bits per heavy atom. The molecule has 15 heavy (non-hydrogen) atoms. The molecule has 0 saturated heterocycles. The molecule has 0 aliphatic rings. The van der Waals surface area contributed by atoms with E-state index in [9.17, 15) is 21.0 Å². The molecule has 0 spiro atoms. The van der Waals surface area contributed by atoms with E-state index in [1.54, 1.807) is 0 Å². The first kappa shape index (κ1) is 20.7.